The molecule has 3 aliphatic rings. The summed E-state index contributed by atoms with van der Waals surface area (Å²) in [4.78, 5) is 31.0. The number of amides is 3. The van der Waals surface area contributed by atoms with E-state index in [1.54, 1.807) is 0 Å². The summed E-state index contributed by atoms with van der Waals surface area (Å²) >= 11 is 0. The van der Waals surface area contributed by atoms with Crippen molar-refractivity contribution in [1.29, 1.82) is 0 Å². The average Bonchev–Trinajstić information content (AvgIpc) is 3.33. The van der Waals surface area contributed by atoms with Crippen molar-refractivity contribution >= 4 is 11.9 Å². The van der Waals surface area contributed by atoms with E-state index in [9.17, 15) is 9.59 Å². The summed E-state index contributed by atoms with van der Waals surface area (Å²) in [5.74, 6) is 1.16. The zero-order valence-electron chi connectivity index (χ0n) is 13.7. The summed E-state index contributed by atoms with van der Waals surface area (Å²) in [5.41, 5.74) is 1.54. The fraction of sp³-hybridized carbons (Fsp3) is 0.444. The molecule has 5 rings (SSSR count). The second-order valence-corrected chi connectivity index (χ2v) is 7.17. The number of nitrogens with zero attached hydrogens (tertiary/aromatic N) is 3. The second-order valence-electron chi connectivity index (χ2n) is 7.17. The van der Waals surface area contributed by atoms with Gasteiger partial charge < -0.3 is 9.84 Å². The van der Waals surface area contributed by atoms with Crippen molar-refractivity contribution in [2.24, 2.45) is 0 Å². The molecule has 1 saturated heterocycles. The van der Waals surface area contributed by atoms with E-state index in [1.165, 1.54) is 10.5 Å². The number of benzene rings is 1. The zero-order chi connectivity index (χ0) is 17.0. The van der Waals surface area contributed by atoms with E-state index in [4.69, 9.17) is 4.52 Å². The molecule has 1 saturated carbocycles. The van der Waals surface area contributed by atoms with Crippen molar-refractivity contribution in [3.8, 4) is 0 Å². The summed E-state index contributed by atoms with van der Waals surface area (Å²) in [6.07, 6.45) is 4.05. The monoisotopic (exact) mass is 338 g/mol. The fourth-order valence-electron chi connectivity index (χ4n) is 3.81. The molecule has 1 N–H and O–H groups in total. The number of urea groups is 1. The highest BCUT2D eigenvalue weighted by atomic mass is 16.5. The van der Waals surface area contributed by atoms with Gasteiger partial charge >= 0.3 is 6.03 Å². The third-order valence-electron chi connectivity index (χ3n) is 5.39. The van der Waals surface area contributed by atoms with Crippen molar-refractivity contribution in [3.05, 3.63) is 47.1 Å². The third-order valence-corrected chi connectivity index (χ3v) is 5.39. The number of hydrogen-bond donors (Lipinski definition) is 1. The highest BCUT2D eigenvalue weighted by Gasteiger charge is 2.52. The van der Waals surface area contributed by atoms with E-state index in [-0.39, 0.29) is 18.5 Å². The van der Waals surface area contributed by atoms with Crippen LogP contribution in [0.15, 0.2) is 28.8 Å². The Morgan fingerprint density at radius 3 is 2.84 bits per heavy atom. The lowest BCUT2D eigenvalue weighted by atomic mass is 9.78. The number of rotatable bonds is 3. The van der Waals surface area contributed by atoms with Gasteiger partial charge in [0.2, 0.25) is 5.89 Å². The normalized spacial score (nSPS) is 25.4. The standard InChI is InChI=1S/C18H18N4O3/c23-16-18(8-7-11-3-1-2-4-13(11)9-18)20-17(24)22(16)10-14-19-15(25-21-14)12-5-6-12/h1-4,12H,5-10H2,(H,20,24). The molecule has 3 amide bonds. The zero-order valence-corrected chi connectivity index (χ0v) is 13.7. The van der Waals surface area contributed by atoms with E-state index >= 15 is 0 Å². The van der Waals surface area contributed by atoms with Crippen molar-refractivity contribution in [3.63, 3.8) is 0 Å². The molecule has 7 heteroatoms. The van der Waals surface area contributed by atoms with Crippen molar-refractivity contribution < 1.29 is 14.1 Å². The predicted molar refractivity (Wildman–Crippen MR) is 86.6 cm³/mol. The van der Waals surface area contributed by atoms with Crippen LogP contribution in [0.4, 0.5) is 4.79 Å². The Labute approximate surface area is 144 Å². The first kappa shape index (κ1) is 14.6. The van der Waals surface area contributed by atoms with Crippen LogP contribution in [0.3, 0.4) is 0 Å². The maximum absolute atomic E-state index is 13.0. The van der Waals surface area contributed by atoms with E-state index in [0.29, 0.717) is 30.5 Å². The third kappa shape index (κ3) is 2.33. The lowest BCUT2D eigenvalue weighted by Crippen LogP contribution is -2.51. The molecule has 25 heavy (non-hydrogen) atoms. The van der Waals surface area contributed by atoms with Gasteiger partial charge in [-0.25, -0.2) is 4.79 Å². The number of nitrogens with one attached hydrogen (secondary N) is 1. The first-order valence-corrected chi connectivity index (χ1v) is 8.68. The molecule has 2 heterocycles. The van der Waals surface area contributed by atoms with Crippen molar-refractivity contribution in [1.82, 2.24) is 20.4 Å². The minimum Gasteiger partial charge on any atom is -0.339 e. The molecular weight excluding hydrogens is 320 g/mol. The number of aromatic nitrogens is 2. The Balaban J connectivity index is 1.38. The Morgan fingerprint density at radius 1 is 1.24 bits per heavy atom. The number of imide groups is 1. The fourth-order valence-corrected chi connectivity index (χ4v) is 3.81. The molecular formula is C18H18N4O3. The SMILES string of the molecule is O=C1NC2(CCc3ccccc3C2)C(=O)N1Cc1noc(C2CC2)n1. The summed E-state index contributed by atoms with van der Waals surface area (Å²) in [7, 11) is 0. The largest absolute Gasteiger partial charge is 0.339 e. The molecule has 1 aromatic heterocycles. The molecule has 7 nitrogen and oxygen atoms in total. The quantitative estimate of drug-likeness (QED) is 0.864. The van der Waals surface area contributed by atoms with Gasteiger partial charge in [-0.1, -0.05) is 29.4 Å². The summed E-state index contributed by atoms with van der Waals surface area (Å²) < 4.78 is 5.22. The molecule has 128 valence electrons. The highest BCUT2D eigenvalue weighted by molar-refractivity contribution is 6.07. The van der Waals surface area contributed by atoms with Crippen LogP contribution in [0.5, 0.6) is 0 Å². The highest BCUT2D eigenvalue weighted by Crippen LogP contribution is 2.39. The van der Waals surface area contributed by atoms with Gasteiger partial charge in [-0.15, -0.1) is 0 Å². The molecule has 1 aliphatic heterocycles. The van der Waals surface area contributed by atoms with Crippen LogP contribution in [0.2, 0.25) is 0 Å². The van der Waals surface area contributed by atoms with Gasteiger partial charge in [-0.2, -0.15) is 4.98 Å². The minimum absolute atomic E-state index is 0.0598. The second kappa shape index (κ2) is 5.15. The van der Waals surface area contributed by atoms with Gasteiger partial charge in [0.25, 0.3) is 5.91 Å². The molecule has 1 unspecified atom stereocenters. The number of hydrogen-bond acceptors (Lipinski definition) is 5. The molecule has 1 spiro atoms. The van der Waals surface area contributed by atoms with Crippen LogP contribution in [-0.2, 0) is 24.2 Å². The van der Waals surface area contributed by atoms with E-state index in [1.807, 2.05) is 18.2 Å². The van der Waals surface area contributed by atoms with E-state index in [2.05, 4.69) is 21.5 Å². The predicted octanol–water partition coefficient (Wildman–Crippen LogP) is 1.93. The summed E-state index contributed by atoms with van der Waals surface area (Å²) in [6, 6.07) is 7.71. The van der Waals surface area contributed by atoms with Crippen molar-refractivity contribution in [2.45, 2.75) is 50.1 Å². The molecule has 2 aliphatic carbocycles. The molecule has 1 atom stereocenters. The van der Waals surface area contributed by atoms with Gasteiger partial charge in [0.15, 0.2) is 5.82 Å². The Hall–Kier alpha value is -2.70. The Kier molecular flexibility index (Phi) is 3.01. The number of aryl methyl sites for hydroxylation is 1. The lowest BCUT2D eigenvalue weighted by Gasteiger charge is -2.32. The summed E-state index contributed by atoms with van der Waals surface area (Å²) in [6.45, 7) is 0.0598. The van der Waals surface area contributed by atoms with Gasteiger partial charge in [0.05, 0.1) is 6.54 Å². The van der Waals surface area contributed by atoms with Crippen LogP contribution in [0, 0.1) is 0 Å². The average molecular weight is 338 g/mol. The molecule has 0 radical (unpaired) electrons. The van der Waals surface area contributed by atoms with E-state index < -0.39 is 5.54 Å². The van der Waals surface area contributed by atoms with Gasteiger partial charge in [-0.05, 0) is 36.8 Å². The first-order chi connectivity index (χ1) is 12.1. The van der Waals surface area contributed by atoms with Crippen LogP contribution < -0.4 is 5.32 Å². The maximum Gasteiger partial charge on any atom is 0.325 e. The van der Waals surface area contributed by atoms with Crippen LogP contribution in [-0.4, -0.2) is 32.5 Å². The Bertz CT molecular complexity index is 873. The Morgan fingerprint density at radius 2 is 2.04 bits per heavy atom. The topological polar surface area (TPSA) is 88.3 Å². The number of fused-ring (bicyclic) bond motifs is 1. The molecule has 0 bridgehead atoms. The lowest BCUT2D eigenvalue weighted by molar-refractivity contribution is -0.132. The first-order valence-electron chi connectivity index (χ1n) is 8.68. The maximum atomic E-state index is 13.0. The van der Waals surface area contributed by atoms with Gasteiger partial charge in [0.1, 0.15) is 5.54 Å². The van der Waals surface area contributed by atoms with Crippen LogP contribution in [0.1, 0.15) is 48.0 Å². The minimum atomic E-state index is -0.839. The van der Waals surface area contributed by atoms with E-state index in [0.717, 1.165) is 24.8 Å². The van der Waals surface area contributed by atoms with Crippen molar-refractivity contribution in [2.75, 3.05) is 0 Å². The molecule has 2 fully saturated rings. The van der Waals surface area contributed by atoms with Crippen LogP contribution in [0.25, 0.3) is 0 Å². The van der Waals surface area contributed by atoms with Gasteiger partial charge in [0, 0.05) is 12.3 Å². The molecule has 1 aromatic carbocycles. The number of carbonyl (C=O) groups is 2. The van der Waals surface area contributed by atoms with Crippen LogP contribution >= 0.6 is 0 Å². The summed E-state index contributed by atoms with van der Waals surface area (Å²) in [5, 5.41) is 6.84. The smallest absolute Gasteiger partial charge is 0.325 e. The number of carbonyl (C=O) groups excluding carboxylic acids is 2. The molecule has 2 aromatic rings. The van der Waals surface area contributed by atoms with Gasteiger partial charge in [-0.3, -0.25) is 9.69 Å².